The summed E-state index contributed by atoms with van der Waals surface area (Å²) in [5.41, 5.74) is 1.15. The molecular formula is C17H28ClN3. The Balaban J connectivity index is 2.00. The van der Waals surface area contributed by atoms with E-state index in [-0.39, 0.29) is 0 Å². The summed E-state index contributed by atoms with van der Waals surface area (Å²) in [7, 11) is 2.13. The van der Waals surface area contributed by atoms with E-state index in [1.165, 1.54) is 32.1 Å². The van der Waals surface area contributed by atoms with Gasteiger partial charge in [-0.3, -0.25) is 0 Å². The summed E-state index contributed by atoms with van der Waals surface area (Å²) in [4.78, 5) is 6.88. The van der Waals surface area contributed by atoms with E-state index in [2.05, 4.69) is 36.1 Å². The third-order valence-electron chi connectivity index (χ3n) is 4.73. The molecule has 1 N–H and O–H groups in total. The molecule has 0 bridgehead atoms. The predicted molar refractivity (Wildman–Crippen MR) is 91.1 cm³/mol. The lowest BCUT2D eigenvalue weighted by molar-refractivity contribution is 0.313. The molecule has 21 heavy (non-hydrogen) atoms. The zero-order valence-corrected chi connectivity index (χ0v) is 14.3. The standard InChI is InChI=1S/C17H28ClN3/c1-4-13-6-8-15(9-7-13)21(3)17-16(18)10-14(12-20-17)11-19-5-2/h10,12-13,15,19H,4-9,11H2,1-3H3. The lowest BCUT2D eigenvalue weighted by Gasteiger charge is -2.35. The molecule has 0 atom stereocenters. The molecule has 3 nitrogen and oxygen atoms in total. The van der Waals surface area contributed by atoms with E-state index in [9.17, 15) is 0 Å². The molecule has 0 spiro atoms. The molecule has 1 aromatic rings. The molecule has 0 unspecified atom stereocenters. The van der Waals surface area contributed by atoms with Gasteiger partial charge in [0.2, 0.25) is 0 Å². The SMILES string of the molecule is CCNCc1cnc(N(C)C2CCC(CC)CC2)c(Cl)c1. The number of anilines is 1. The van der Waals surface area contributed by atoms with Crippen LogP contribution in [0.3, 0.4) is 0 Å². The second-order valence-electron chi connectivity index (χ2n) is 6.12. The van der Waals surface area contributed by atoms with E-state index < -0.39 is 0 Å². The van der Waals surface area contributed by atoms with Gasteiger partial charge in [-0.15, -0.1) is 0 Å². The van der Waals surface area contributed by atoms with Crippen molar-refractivity contribution in [2.45, 2.75) is 58.5 Å². The van der Waals surface area contributed by atoms with Gasteiger partial charge in [-0.05, 0) is 49.8 Å². The van der Waals surface area contributed by atoms with Crippen LogP contribution >= 0.6 is 11.6 Å². The molecule has 1 heterocycles. The molecule has 1 fully saturated rings. The Bertz CT molecular complexity index is 442. The maximum absolute atomic E-state index is 6.45. The first-order valence-corrected chi connectivity index (χ1v) is 8.61. The summed E-state index contributed by atoms with van der Waals surface area (Å²) >= 11 is 6.45. The highest BCUT2D eigenvalue weighted by atomic mass is 35.5. The third kappa shape index (κ3) is 4.33. The van der Waals surface area contributed by atoms with Crippen LogP contribution in [0.15, 0.2) is 12.3 Å². The van der Waals surface area contributed by atoms with Crippen LogP contribution in [0.4, 0.5) is 5.82 Å². The topological polar surface area (TPSA) is 28.2 Å². The smallest absolute Gasteiger partial charge is 0.147 e. The number of aromatic nitrogens is 1. The number of pyridine rings is 1. The van der Waals surface area contributed by atoms with Crippen LogP contribution in [0.25, 0.3) is 0 Å². The molecule has 1 saturated carbocycles. The minimum atomic E-state index is 0.581. The Labute approximate surface area is 134 Å². The minimum absolute atomic E-state index is 0.581. The molecule has 2 rings (SSSR count). The summed E-state index contributed by atoms with van der Waals surface area (Å²) in [5, 5.41) is 4.07. The van der Waals surface area contributed by atoms with E-state index >= 15 is 0 Å². The highest BCUT2D eigenvalue weighted by Gasteiger charge is 2.24. The first-order valence-electron chi connectivity index (χ1n) is 8.23. The first kappa shape index (κ1) is 16.6. The summed E-state index contributed by atoms with van der Waals surface area (Å²) < 4.78 is 0. The van der Waals surface area contributed by atoms with Crippen molar-refractivity contribution in [1.82, 2.24) is 10.3 Å². The van der Waals surface area contributed by atoms with Crippen LogP contribution in [0.1, 0.15) is 51.5 Å². The minimum Gasteiger partial charge on any atom is -0.355 e. The molecular weight excluding hydrogens is 282 g/mol. The molecule has 4 heteroatoms. The second-order valence-corrected chi connectivity index (χ2v) is 6.53. The van der Waals surface area contributed by atoms with Crippen LogP contribution in [0.2, 0.25) is 5.02 Å². The highest BCUT2D eigenvalue weighted by Crippen LogP contribution is 2.33. The Morgan fingerprint density at radius 1 is 1.29 bits per heavy atom. The average molecular weight is 310 g/mol. The molecule has 0 aromatic carbocycles. The van der Waals surface area contributed by atoms with Gasteiger partial charge in [0, 0.05) is 25.8 Å². The maximum Gasteiger partial charge on any atom is 0.147 e. The van der Waals surface area contributed by atoms with Crippen molar-refractivity contribution in [3.63, 3.8) is 0 Å². The van der Waals surface area contributed by atoms with Gasteiger partial charge in [-0.25, -0.2) is 4.98 Å². The van der Waals surface area contributed by atoms with E-state index in [0.717, 1.165) is 35.4 Å². The number of rotatable bonds is 6. The van der Waals surface area contributed by atoms with Crippen molar-refractivity contribution >= 4 is 17.4 Å². The number of halogens is 1. The van der Waals surface area contributed by atoms with Gasteiger partial charge in [0.1, 0.15) is 5.82 Å². The molecule has 0 amide bonds. The van der Waals surface area contributed by atoms with Gasteiger partial charge in [-0.2, -0.15) is 0 Å². The molecule has 0 aliphatic heterocycles. The van der Waals surface area contributed by atoms with Crippen molar-refractivity contribution in [3.8, 4) is 0 Å². The van der Waals surface area contributed by atoms with Crippen LogP contribution < -0.4 is 10.2 Å². The number of nitrogens with zero attached hydrogens (tertiary/aromatic N) is 2. The third-order valence-corrected chi connectivity index (χ3v) is 5.01. The molecule has 0 saturated heterocycles. The molecule has 0 radical (unpaired) electrons. The Kier molecular flexibility index (Phi) is 6.31. The zero-order valence-electron chi connectivity index (χ0n) is 13.5. The Morgan fingerprint density at radius 3 is 2.57 bits per heavy atom. The lowest BCUT2D eigenvalue weighted by atomic mass is 9.84. The number of hydrogen-bond donors (Lipinski definition) is 1. The van der Waals surface area contributed by atoms with Gasteiger partial charge < -0.3 is 10.2 Å². The van der Waals surface area contributed by atoms with Crippen LogP contribution in [-0.4, -0.2) is 24.6 Å². The molecule has 1 aromatic heterocycles. The fourth-order valence-electron chi connectivity index (χ4n) is 3.21. The van der Waals surface area contributed by atoms with Crippen molar-refractivity contribution in [3.05, 3.63) is 22.8 Å². The van der Waals surface area contributed by atoms with E-state index in [1.807, 2.05) is 12.3 Å². The average Bonchev–Trinajstić information content (AvgIpc) is 2.52. The van der Waals surface area contributed by atoms with Crippen molar-refractivity contribution in [2.24, 2.45) is 5.92 Å². The van der Waals surface area contributed by atoms with Crippen molar-refractivity contribution in [2.75, 3.05) is 18.5 Å². The Hall–Kier alpha value is -0.800. The summed E-state index contributed by atoms with van der Waals surface area (Å²) in [6, 6.07) is 2.62. The number of nitrogens with one attached hydrogen (secondary N) is 1. The fraction of sp³-hybridized carbons (Fsp3) is 0.706. The predicted octanol–water partition coefficient (Wildman–Crippen LogP) is 4.25. The summed E-state index contributed by atoms with van der Waals surface area (Å²) in [6.45, 7) is 6.19. The van der Waals surface area contributed by atoms with E-state index in [1.54, 1.807) is 0 Å². The lowest BCUT2D eigenvalue weighted by Crippen LogP contribution is -2.35. The van der Waals surface area contributed by atoms with E-state index in [0.29, 0.717) is 6.04 Å². The summed E-state index contributed by atoms with van der Waals surface area (Å²) in [5.74, 6) is 1.84. The van der Waals surface area contributed by atoms with Gasteiger partial charge in [-0.1, -0.05) is 31.9 Å². The largest absolute Gasteiger partial charge is 0.355 e. The Morgan fingerprint density at radius 2 is 2.00 bits per heavy atom. The first-order chi connectivity index (χ1) is 10.2. The fourth-order valence-corrected chi connectivity index (χ4v) is 3.53. The van der Waals surface area contributed by atoms with Crippen LogP contribution in [0, 0.1) is 5.92 Å². The van der Waals surface area contributed by atoms with Crippen molar-refractivity contribution in [1.29, 1.82) is 0 Å². The number of hydrogen-bond acceptors (Lipinski definition) is 3. The van der Waals surface area contributed by atoms with Gasteiger partial charge in [0.25, 0.3) is 0 Å². The molecule has 118 valence electrons. The molecule has 1 aliphatic carbocycles. The molecule has 1 aliphatic rings. The van der Waals surface area contributed by atoms with E-state index in [4.69, 9.17) is 11.6 Å². The van der Waals surface area contributed by atoms with Crippen molar-refractivity contribution < 1.29 is 0 Å². The normalized spacial score (nSPS) is 22.3. The zero-order chi connectivity index (χ0) is 15.2. The van der Waals surface area contributed by atoms with Gasteiger partial charge in [0.15, 0.2) is 0 Å². The van der Waals surface area contributed by atoms with Crippen LogP contribution in [0.5, 0.6) is 0 Å². The highest BCUT2D eigenvalue weighted by molar-refractivity contribution is 6.33. The van der Waals surface area contributed by atoms with Crippen LogP contribution in [-0.2, 0) is 6.54 Å². The maximum atomic E-state index is 6.45. The monoisotopic (exact) mass is 309 g/mol. The quantitative estimate of drug-likeness (QED) is 0.851. The second kappa shape index (κ2) is 8.00. The van der Waals surface area contributed by atoms with Gasteiger partial charge >= 0.3 is 0 Å². The summed E-state index contributed by atoms with van der Waals surface area (Å²) in [6.07, 6.45) is 8.44. The van der Waals surface area contributed by atoms with Gasteiger partial charge in [0.05, 0.1) is 5.02 Å².